The SMILES string of the molecule is CC1CCC(C2=CN2C)CCC(C)C1. The van der Waals surface area contributed by atoms with Crippen LogP contribution in [0.3, 0.4) is 0 Å². The van der Waals surface area contributed by atoms with Gasteiger partial charge in [0.25, 0.3) is 0 Å². The van der Waals surface area contributed by atoms with Gasteiger partial charge in [0.1, 0.15) is 0 Å². The molecule has 1 saturated carbocycles. The number of nitrogens with zero attached hydrogens (tertiary/aromatic N) is 1. The lowest BCUT2D eigenvalue weighted by Gasteiger charge is -2.25. The quantitative estimate of drug-likeness (QED) is 0.614. The molecule has 1 heteroatoms. The number of rotatable bonds is 1. The van der Waals surface area contributed by atoms with Crippen molar-refractivity contribution in [2.45, 2.75) is 46.0 Å². The molecule has 80 valence electrons. The monoisotopic (exact) mass is 193 g/mol. The molecule has 0 saturated heterocycles. The Labute approximate surface area is 88.2 Å². The first-order chi connectivity index (χ1) is 6.66. The third-order valence-corrected chi connectivity index (χ3v) is 3.90. The second kappa shape index (κ2) is 3.96. The standard InChI is InChI=1S/C13H23N/c1-10-4-6-12(13-9-14(13)3)7-5-11(2)8-10/h9-12H,4-8H2,1-3H3. The average molecular weight is 193 g/mol. The van der Waals surface area contributed by atoms with E-state index in [2.05, 4.69) is 32.0 Å². The summed E-state index contributed by atoms with van der Waals surface area (Å²) in [6.07, 6.45) is 9.46. The van der Waals surface area contributed by atoms with Gasteiger partial charge in [-0.25, -0.2) is 0 Å². The Kier molecular flexibility index (Phi) is 2.85. The van der Waals surface area contributed by atoms with E-state index in [1.54, 1.807) is 5.70 Å². The lowest BCUT2D eigenvalue weighted by Crippen LogP contribution is -2.14. The summed E-state index contributed by atoms with van der Waals surface area (Å²) >= 11 is 0. The van der Waals surface area contributed by atoms with Crippen LogP contribution in [0, 0.1) is 17.8 Å². The van der Waals surface area contributed by atoms with E-state index in [1.807, 2.05) is 0 Å². The van der Waals surface area contributed by atoms with Crippen molar-refractivity contribution in [2.75, 3.05) is 7.05 Å². The maximum Gasteiger partial charge on any atom is 0.0367 e. The fourth-order valence-corrected chi connectivity index (χ4v) is 2.90. The van der Waals surface area contributed by atoms with Crippen LogP contribution in [0.2, 0.25) is 0 Å². The first kappa shape index (κ1) is 10.1. The van der Waals surface area contributed by atoms with Gasteiger partial charge in [-0.2, -0.15) is 0 Å². The van der Waals surface area contributed by atoms with Crippen LogP contribution >= 0.6 is 0 Å². The molecule has 1 aliphatic carbocycles. The molecule has 2 unspecified atom stereocenters. The Balaban J connectivity index is 1.89. The van der Waals surface area contributed by atoms with E-state index in [0.29, 0.717) is 0 Å². The third-order valence-electron chi connectivity index (χ3n) is 3.90. The van der Waals surface area contributed by atoms with Crippen molar-refractivity contribution in [3.63, 3.8) is 0 Å². The number of hydrogen-bond acceptors (Lipinski definition) is 1. The van der Waals surface area contributed by atoms with Gasteiger partial charge in [-0.1, -0.05) is 26.7 Å². The second-order valence-electron chi connectivity index (χ2n) is 5.46. The fraction of sp³-hybridized carbons (Fsp3) is 0.846. The molecule has 0 aromatic rings. The molecule has 0 N–H and O–H groups in total. The Bertz CT molecular complexity index is 219. The van der Waals surface area contributed by atoms with Crippen molar-refractivity contribution in [3.8, 4) is 0 Å². The van der Waals surface area contributed by atoms with Crippen LogP contribution in [0.4, 0.5) is 0 Å². The van der Waals surface area contributed by atoms with Crippen LogP contribution in [0.1, 0.15) is 46.0 Å². The van der Waals surface area contributed by atoms with E-state index in [-0.39, 0.29) is 0 Å². The van der Waals surface area contributed by atoms with Gasteiger partial charge in [0.15, 0.2) is 0 Å². The van der Waals surface area contributed by atoms with E-state index in [0.717, 1.165) is 17.8 Å². The predicted octanol–water partition coefficient (Wildman–Crippen LogP) is 3.63. The minimum atomic E-state index is 0.880. The van der Waals surface area contributed by atoms with E-state index in [1.165, 1.54) is 32.1 Å². The first-order valence-corrected chi connectivity index (χ1v) is 6.11. The first-order valence-electron chi connectivity index (χ1n) is 6.11. The topological polar surface area (TPSA) is 3.01 Å². The summed E-state index contributed by atoms with van der Waals surface area (Å²) in [5.74, 6) is 2.76. The van der Waals surface area contributed by atoms with Gasteiger partial charge < -0.3 is 4.90 Å². The molecule has 0 aromatic heterocycles. The Hall–Kier alpha value is -0.460. The lowest BCUT2D eigenvalue weighted by atomic mass is 9.81. The molecular formula is C13H23N. The number of allylic oxidation sites excluding steroid dienone is 1. The van der Waals surface area contributed by atoms with Gasteiger partial charge in [-0.15, -0.1) is 0 Å². The molecule has 0 bridgehead atoms. The summed E-state index contributed by atoms with van der Waals surface area (Å²) in [5, 5.41) is 0. The highest BCUT2D eigenvalue weighted by Crippen LogP contribution is 2.38. The van der Waals surface area contributed by atoms with Gasteiger partial charge in [-0.05, 0) is 31.1 Å². The lowest BCUT2D eigenvalue weighted by molar-refractivity contribution is 0.289. The molecular weight excluding hydrogens is 170 g/mol. The van der Waals surface area contributed by atoms with Crippen molar-refractivity contribution in [3.05, 3.63) is 11.9 Å². The Morgan fingerprint density at radius 2 is 1.57 bits per heavy atom. The van der Waals surface area contributed by atoms with E-state index in [9.17, 15) is 0 Å². The molecule has 1 aliphatic heterocycles. The van der Waals surface area contributed by atoms with Crippen LogP contribution in [-0.4, -0.2) is 11.9 Å². The fourth-order valence-electron chi connectivity index (χ4n) is 2.90. The molecule has 2 atom stereocenters. The average Bonchev–Trinajstić information content (AvgIpc) is 2.79. The van der Waals surface area contributed by atoms with Crippen LogP contribution in [0.5, 0.6) is 0 Å². The second-order valence-corrected chi connectivity index (χ2v) is 5.46. The van der Waals surface area contributed by atoms with Gasteiger partial charge in [-0.3, -0.25) is 0 Å². The highest BCUT2D eigenvalue weighted by Gasteiger charge is 2.28. The van der Waals surface area contributed by atoms with Crippen LogP contribution in [0.25, 0.3) is 0 Å². The molecule has 2 rings (SSSR count). The van der Waals surface area contributed by atoms with Crippen molar-refractivity contribution in [1.29, 1.82) is 0 Å². The molecule has 2 aliphatic rings. The summed E-state index contributed by atoms with van der Waals surface area (Å²) in [6, 6.07) is 0. The molecule has 0 radical (unpaired) electrons. The summed E-state index contributed by atoms with van der Waals surface area (Å²) in [5.41, 5.74) is 1.62. The molecule has 0 spiro atoms. The predicted molar refractivity (Wildman–Crippen MR) is 60.7 cm³/mol. The number of hydrogen-bond donors (Lipinski definition) is 0. The van der Waals surface area contributed by atoms with Gasteiger partial charge >= 0.3 is 0 Å². The maximum absolute atomic E-state index is 2.42. The van der Waals surface area contributed by atoms with Crippen LogP contribution in [-0.2, 0) is 0 Å². The summed E-state index contributed by atoms with van der Waals surface area (Å²) in [7, 11) is 2.18. The Morgan fingerprint density at radius 1 is 1.07 bits per heavy atom. The van der Waals surface area contributed by atoms with Crippen molar-refractivity contribution >= 4 is 0 Å². The Morgan fingerprint density at radius 3 is 2.00 bits per heavy atom. The third kappa shape index (κ3) is 2.31. The zero-order chi connectivity index (χ0) is 10.1. The summed E-state index contributed by atoms with van der Waals surface area (Å²) in [4.78, 5) is 2.31. The van der Waals surface area contributed by atoms with Crippen molar-refractivity contribution in [2.24, 2.45) is 17.8 Å². The van der Waals surface area contributed by atoms with Gasteiger partial charge in [0, 0.05) is 24.9 Å². The smallest absolute Gasteiger partial charge is 0.0367 e. The largest absolute Gasteiger partial charge is 0.351 e. The highest BCUT2D eigenvalue weighted by atomic mass is 15.2. The molecule has 14 heavy (non-hydrogen) atoms. The summed E-state index contributed by atoms with van der Waals surface area (Å²) < 4.78 is 0. The summed E-state index contributed by atoms with van der Waals surface area (Å²) in [6.45, 7) is 4.84. The molecule has 1 heterocycles. The zero-order valence-electron chi connectivity index (χ0n) is 9.79. The van der Waals surface area contributed by atoms with Gasteiger partial charge in [0.05, 0.1) is 0 Å². The molecule has 0 aromatic carbocycles. The molecule has 1 nitrogen and oxygen atoms in total. The van der Waals surface area contributed by atoms with Gasteiger partial charge in [0.2, 0.25) is 0 Å². The van der Waals surface area contributed by atoms with E-state index < -0.39 is 0 Å². The minimum Gasteiger partial charge on any atom is -0.351 e. The van der Waals surface area contributed by atoms with Crippen LogP contribution in [0.15, 0.2) is 11.9 Å². The highest BCUT2D eigenvalue weighted by molar-refractivity contribution is 5.20. The van der Waals surface area contributed by atoms with E-state index in [4.69, 9.17) is 0 Å². The van der Waals surface area contributed by atoms with Crippen molar-refractivity contribution < 1.29 is 0 Å². The minimum absolute atomic E-state index is 0.880. The van der Waals surface area contributed by atoms with E-state index >= 15 is 0 Å². The maximum atomic E-state index is 2.42. The zero-order valence-corrected chi connectivity index (χ0v) is 9.79. The molecule has 0 amide bonds. The van der Waals surface area contributed by atoms with Crippen molar-refractivity contribution in [1.82, 2.24) is 4.90 Å². The normalized spacial score (nSPS) is 38.6. The molecule has 1 fully saturated rings. The van der Waals surface area contributed by atoms with Crippen LogP contribution < -0.4 is 0 Å².